The first-order chi connectivity index (χ1) is 11.6. The number of halogens is 1. The Morgan fingerprint density at radius 3 is 3.00 bits per heavy atom. The molecule has 0 spiro atoms. The van der Waals surface area contributed by atoms with Gasteiger partial charge in [0.05, 0.1) is 0 Å². The first-order valence-electron chi connectivity index (χ1n) is 8.53. The number of nitrogens with zero attached hydrogens (tertiary/aromatic N) is 2. The maximum absolute atomic E-state index is 12.3. The topological polar surface area (TPSA) is 80.0 Å². The van der Waals surface area contributed by atoms with E-state index in [9.17, 15) is 4.79 Å². The van der Waals surface area contributed by atoms with Gasteiger partial charge in [0.1, 0.15) is 0 Å². The molecule has 1 saturated heterocycles. The van der Waals surface area contributed by atoms with Gasteiger partial charge in [-0.3, -0.25) is 4.79 Å². The normalized spacial score (nSPS) is 18.2. The molecule has 2 heterocycles. The number of aromatic nitrogens is 2. The summed E-state index contributed by atoms with van der Waals surface area (Å²) in [4.78, 5) is 16.5. The summed E-state index contributed by atoms with van der Waals surface area (Å²) in [6, 6.07) is 7.53. The van der Waals surface area contributed by atoms with E-state index in [-0.39, 0.29) is 18.3 Å². The third kappa shape index (κ3) is 5.28. The molecule has 7 heteroatoms. The first kappa shape index (κ1) is 19.4. The Balaban J connectivity index is 0.00000225. The Bertz CT molecular complexity index is 698. The zero-order chi connectivity index (χ0) is 16.9. The first-order valence-corrected chi connectivity index (χ1v) is 8.53. The summed E-state index contributed by atoms with van der Waals surface area (Å²) in [6.07, 6.45) is 2.94. The van der Waals surface area contributed by atoms with Crippen molar-refractivity contribution in [3.05, 3.63) is 30.2 Å². The minimum atomic E-state index is 0. The lowest BCUT2D eigenvalue weighted by Crippen LogP contribution is -2.34. The van der Waals surface area contributed by atoms with Crippen LogP contribution >= 0.6 is 12.4 Å². The summed E-state index contributed by atoms with van der Waals surface area (Å²) in [5.41, 5.74) is 1.59. The Morgan fingerprint density at radius 1 is 1.48 bits per heavy atom. The fraction of sp³-hybridized carbons (Fsp3) is 0.500. The van der Waals surface area contributed by atoms with Gasteiger partial charge >= 0.3 is 0 Å². The van der Waals surface area contributed by atoms with Gasteiger partial charge in [-0.05, 0) is 49.9 Å². The zero-order valence-corrected chi connectivity index (χ0v) is 15.4. The highest BCUT2D eigenvalue weighted by Crippen LogP contribution is 2.24. The number of benzene rings is 1. The third-order valence-electron chi connectivity index (χ3n) is 4.58. The van der Waals surface area contributed by atoms with Crippen LogP contribution in [0, 0.1) is 18.8 Å². The number of piperidine rings is 1. The molecule has 3 rings (SSSR count). The Hall–Kier alpha value is -1.92. The lowest BCUT2D eigenvalue weighted by Gasteiger charge is -2.28. The fourth-order valence-corrected chi connectivity index (χ4v) is 3.19. The second-order valence-electron chi connectivity index (χ2n) is 6.55. The Labute approximate surface area is 154 Å². The number of carbonyl (C=O) groups is 1. The third-order valence-corrected chi connectivity index (χ3v) is 4.58. The second kappa shape index (κ2) is 8.97. The van der Waals surface area contributed by atoms with Gasteiger partial charge in [-0.1, -0.05) is 24.2 Å². The molecular formula is C18H25ClN4O2. The van der Waals surface area contributed by atoms with Gasteiger partial charge in [0.15, 0.2) is 0 Å². The van der Waals surface area contributed by atoms with Crippen molar-refractivity contribution in [2.45, 2.75) is 33.1 Å². The predicted octanol–water partition coefficient (Wildman–Crippen LogP) is 3.43. The zero-order valence-electron chi connectivity index (χ0n) is 14.6. The van der Waals surface area contributed by atoms with Crippen LogP contribution in [-0.2, 0) is 4.79 Å². The summed E-state index contributed by atoms with van der Waals surface area (Å²) in [6.45, 7) is 6.03. The van der Waals surface area contributed by atoms with Gasteiger partial charge in [-0.15, -0.1) is 12.4 Å². The largest absolute Gasteiger partial charge is 0.339 e. The molecule has 136 valence electrons. The van der Waals surface area contributed by atoms with Crippen LogP contribution in [-0.4, -0.2) is 29.1 Å². The van der Waals surface area contributed by atoms with Gasteiger partial charge in [0.2, 0.25) is 17.6 Å². The Morgan fingerprint density at radius 2 is 2.32 bits per heavy atom. The molecule has 1 amide bonds. The van der Waals surface area contributed by atoms with Crippen LogP contribution in [0.15, 0.2) is 28.8 Å². The number of rotatable bonds is 5. The SMILES string of the molecule is Cc1nc(-c2cccc(NC(=O)CC(C)C3CCCNC3)c2)no1.Cl. The van der Waals surface area contributed by atoms with E-state index in [4.69, 9.17) is 4.52 Å². The summed E-state index contributed by atoms with van der Waals surface area (Å²) >= 11 is 0. The quantitative estimate of drug-likeness (QED) is 0.849. The molecule has 6 nitrogen and oxygen atoms in total. The van der Waals surface area contributed by atoms with Crippen LogP contribution in [0.5, 0.6) is 0 Å². The summed E-state index contributed by atoms with van der Waals surface area (Å²) < 4.78 is 5.01. The van der Waals surface area contributed by atoms with Crippen LogP contribution in [0.2, 0.25) is 0 Å². The second-order valence-corrected chi connectivity index (χ2v) is 6.55. The molecule has 2 aromatic rings. The van der Waals surface area contributed by atoms with Crippen molar-refractivity contribution in [3.63, 3.8) is 0 Å². The molecule has 25 heavy (non-hydrogen) atoms. The standard InChI is InChI=1S/C18H24N4O2.ClH/c1-12(15-6-4-8-19-11-15)9-17(23)21-16-7-3-5-14(10-16)18-20-13(2)24-22-18;/h3,5,7,10,12,15,19H,4,6,8-9,11H2,1-2H3,(H,21,23);1H. The van der Waals surface area contributed by atoms with E-state index in [1.54, 1.807) is 6.92 Å². The molecule has 2 N–H and O–H groups in total. The van der Waals surface area contributed by atoms with Crippen LogP contribution < -0.4 is 10.6 Å². The molecule has 0 saturated carbocycles. The summed E-state index contributed by atoms with van der Waals surface area (Å²) in [7, 11) is 0. The van der Waals surface area contributed by atoms with Crippen LogP contribution in [0.1, 0.15) is 32.1 Å². The van der Waals surface area contributed by atoms with E-state index in [1.807, 2.05) is 24.3 Å². The van der Waals surface area contributed by atoms with Crippen molar-refractivity contribution >= 4 is 24.0 Å². The minimum absolute atomic E-state index is 0. The van der Waals surface area contributed by atoms with Crippen LogP contribution in [0.4, 0.5) is 5.69 Å². The monoisotopic (exact) mass is 364 g/mol. The molecule has 2 atom stereocenters. The van der Waals surface area contributed by atoms with Gasteiger partial charge in [0.25, 0.3) is 0 Å². The number of aryl methyl sites for hydroxylation is 1. The van der Waals surface area contributed by atoms with Crippen molar-refractivity contribution in [1.82, 2.24) is 15.5 Å². The van der Waals surface area contributed by atoms with Crippen molar-refractivity contribution in [2.24, 2.45) is 11.8 Å². The van der Waals surface area contributed by atoms with Crippen molar-refractivity contribution in [3.8, 4) is 11.4 Å². The number of amides is 1. The minimum Gasteiger partial charge on any atom is -0.339 e. The van der Waals surface area contributed by atoms with E-state index >= 15 is 0 Å². The highest BCUT2D eigenvalue weighted by molar-refractivity contribution is 5.91. The highest BCUT2D eigenvalue weighted by atomic mass is 35.5. The molecule has 2 unspecified atom stereocenters. The number of nitrogens with one attached hydrogen (secondary N) is 2. The van der Waals surface area contributed by atoms with Crippen LogP contribution in [0.3, 0.4) is 0 Å². The predicted molar refractivity (Wildman–Crippen MR) is 99.7 cm³/mol. The van der Waals surface area contributed by atoms with Crippen molar-refractivity contribution in [2.75, 3.05) is 18.4 Å². The van der Waals surface area contributed by atoms with E-state index in [2.05, 4.69) is 27.7 Å². The maximum Gasteiger partial charge on any atom is 0.224 e. The lowest BCUT2D eigenvalue weighted by molar-refractivity contribution is -0.117. The smallest absolute Gasteiger partial charge is 0.224 e. The molecule has 1 aromatic carbocycles. The molecular weight excluding hydrogens is 340 g/mol. The number of hydrogen-bond acceptors (Lipinski definition) is 5. The van der Waals surface area contributed by atoms with E-state index in [0.717, 1.165) is 24.3 Å². The van der Waals surface area contributed by atoms with Gasteiger partial charge in [0, 0.05) is 24.6 Å². The maximum atomic E-state index is 12.3. The van der Waals surface area contributed by atoms with Gasteiger partial charge in [-0.25, -0.2) is 0 Å². The molecule has 1 aliphatic rings. The van der Waals surface area contributed by atoms with Gasteiger partial charge in [-0.2, -0.15) is 4.98 Å². The average molecular weight is 365 g/mol. The summed E-state index contributed by atoms with van der Waals surface area (Å²) in [5.74, 6) is 2.06. The van der Waals surface area contributed by atoms with E-state index in [1.165, 1.54) is 12.8 Å². The van der Waals surface area contributed by atoms with Gasteiger partial charge < -0.3 is 15.2 Å². The fourth-order valence-electron chi connectivity index (χ4n) is 3.19. The van der Waals surface area contributed by atoms with Crippen molar-refractivity contribution < 1.29 is 9.32 Å². The molecule has 1 fully saturated rings. The molecule has 0 aliphatic carbocycles. The number of carbonyl (C=O) groups excluding carboxylic acids is 1. The Kier molecular flexibility index (Phi) is 6.96. The van der Waals surface area contributed by atoms with E-state index < -0.39 is 0 Å². The molecule has 1 aliphatic heterocycles. The van der Waals surface area contributed by atoms with E-state index in [0.29, 0.717) is 30.0 Å². The average Bonchev–Trinajstić information content (AvgIpc) is 3.02. The van der Waals surface area contributed by atoms with Crippen molar-refractivity contribution in [1.29, 1.82) is 0 Å². The lowest BCUT2D eigenvalue weighted by atomic mass is 9.85. The summed E-state index contributed by atoms with van der Waals surface area (Å²) in [5, 5.41) is 10.3. The number of hydrogen-bond donors (Lipinski definition) is 2. The number of anilines is 1. The molecule has 0 radical (unpaired) electrons. The highest BCUT2D eigenvalue weighted by Gasteiger charge is 2.22. The molecule has 0 bridgehead atoms. The van der Waals surface area contributed by atoms with Crippen LogP contribution in [0.25, 0.3) is 11.4 Å². The molecule has 1 aromatic heterocycles.